The molecule has 0 saturated carbocycles. The van der Waals surface area contributed by atoms with E-state index in [1.807, 2.05) is 11.9 Å². The van der Waals surface area contributed by atoms with Crippen LogP contribution in [0.15, 0.2) is 10.9 Å². The number of anilines is 1. The fourth-order valence-electron chi connectivity index (χ4n) is 1.75. The molecule has 17 heavy (non-hydrogen) atoms. The summed E-state index contributed by atoms with van der Waals surface area (Å²) in [7, 11) is 1.96. The quantitative estimate of drug-likeness (QED) is 0.857. The molecule has 0 radical (unpaired) electrons. The molecule has 0 aliphatic heterocycles. The first-order valence-electron chi connectivity index (χ1n) is 5.29. The van der Waals surface area contributed by atoms with Gasteiger partial charge in [-0.1, -0.05) is 22.9 Å². The zero-order valence-electron chi connectivity index (χ0n) is 9.94. The van der Waals surface area contributed by atoms with Gasteiger partial charge in [0.15, 0.2) is 5.65 Å². The lowest BCUT2D eigenvalue weighted by Crippen LogP contribution is -2.25. The van der Waals surface area contributed by atoms with Gasteiger partial charge >= 0.3 is 5.69 Å². The average molecular weight is 300 g/mol. The number of nitrogens with one attached hydrogen (secondary N) is 1. The molecule has 2 rings (SSSR count). The van der Waals surface area contributed by atoms with Crippen LogP contribution in [0.3, 0.4) is 0 Å². The molecule has 7 heteroatoms. The minimum absolute atomic E-state index is 0.256. The molecule has 0 aliphatic carbocycles. The number of aromatic nitrogens is 4. The van der Waals surface area contributed by atoms with Crippen LogP contribution in [0.1, 0.15) is 12.7 Å². The summed E-state index contributed by atoms with van der Waals surface area (Å²) in [5.41, 5.74) is 0.333. The second-order valence-electron chi connectivity index (χ2n) is 4.05. The number of hydrogen-bond donors (Lipinski definition) is 1. The molecule has 0 bridgehead atoms. The Kier molecular flexibility index (Phi) is 3.19. The van der Waals surface area contributed by atoms with Crippen molar-refractivity contribution in [2.45, 2.75) is 18.7 Å². The molecule has 92 valence electrons. The molecule has 0 saturated heterocycles. The molecule has 2 heterocycles. The monoisotopic (exact) mass is 299 g/mol. The van der Waals surface area contributed by atoms with Crippen LogP contribution in [0.2, 0.25) is 0 Å². The van der Waals surface area contributed by atoms with E-state index in [-0.39, 0.29) is 5.69 Å². The third-order valence-electron chi connectivity index (χ3n) is 2.47. The minimum Gasteiger partial charge on any atom is -0.358 e. The van der Waals surface area contributed by atoms with Gasteiger partial charge in [0.2, 0.25) is 0 Å². The maximum Gasteiger partial charge on any atom is 0.349 e. The SMILES string of the molecule is Cc1nc(N(C)CC(C)Br)cc2n[nH]c(=O)n12. The van der Waals surface area contributed by atoms with Crippen molar-refractivity contribution in [1.82, 2.24) is 19.6 Å². The summed E-state index contributed by atoms with van der Waals surface area (Å²) >= 11 is 3.50. The van der Waals surface area contributed by atoms with Crippen molar-refractivity contribution in [1.29, 1.82) is 0 Å². The Morgan fingerprint density at radius 3 is 3.00 bits per heavy atom. The number of rotatable bonds is 3. The number of fused-ring (bicyclic) bond motifs is 1. The molecule has 1 unspecified atom stereocenters. The van der Waals surface area contributed by atoms with E-state index in [2.05, 4.69) is 38.0 Å². The Morgan fingerprint density at radius 2 is 2.35 bits per heavy atom. The Labute approximate surface area is 107 Å². The van der Waals surface area contributed by atoms with E-state index in [0.29, 0.717) is 16.3 Å². The zero-order chi connectivity index (χ0) is 12.6. The molecule has 0 fully saturated rings. The molecular formula is C10H14BrN5O. The summed E-state index contributed by atoms with van der Waals surface area (Å²) < 4.78 is 1.45. The van der Waals surface area contributed by atoms with Gasteiger partial charge in [0.25, 0.3) is 0 Å². The second kappa shape index (κ2) is 4.48. The standard InChI is InChI=1S/C10H14BrN5O/c1-6(11)5-15(3)8-4-9-13-14-10(17)16(9)7(2)12-8/h4,6H,5H2,1-3H3,(H,14,17). The fraction of sp³-hybridized carbons (Fsp3) is 0.500. The van der Waals surface area contributed by atoms with Gasteiger partial charge in [-0.15, -0.1) is 0 Å². The van der Waals surface area contributed by atoms with Crippen LogP contribution < -0.4 is 10.6 Å². The van der Waals surface area contributed by atoms with Gasteiger partial charge in [-0.05, 0) is 6.92 Å². The molecule has 2 aromatic heterocycles. The van der Waals surface area contributed by atoms with Crippen molar-refractivity contribution in [2.75, 3.05) is 18.5 Å². The summed E-state index contributed by atoms with van der Waals surface area (Å²) in [6.45, 7) is 4.69. The topological polar surface area (TPSA) is 66.3 Å². The maximum absolute atomic E-state index is 11.4. The minimum atomic E-state index is -0.256. The Morgan fingerprint density at radius 1 is 1.65 bits per heavy atom. The first kappa shape index (κ1) is 12.1. The van der Waals surface area contributed by atoms with Crippen molar-refractivity contribution < 1.29 is 0 Å². The van der Waals surface area contributed by atoms with Crippen molar-refractivity contribution in [3.8, 4) is 0 Å². The van der Waals surface area contributed by atoms with Crippen LogP contribution in [0.4, 0.5) is 5.82 Å². The van der Waals surface area contributed by atoms with Crippen molar-refractivity contribution >= 4 is 27.4 Å². The summed E-state index contributed by atoms with van der Waals surface area (Å²) in [5.74, 6) is 1.44. The van der Waals surface area contributed by atoms with Gasteiger partial charge in [-0.25, -0.2) is 19.3 Å². The van der Waals surface area contributed by atoms with E-state index in [1.54, 1.807) is 13.0 Å². The summed E-state index contributed by atoms with van der Waals surface area (Å²) in [6, 6.07) is 1.79. The van der Waals surface area contributed by atoms with E-state index in [9.17, 15) is 4.79 Å². The van der Waals surface area contributed by atoms with E-state index >= 15 is 0 Å². The first-order valence-corrected chi connectivity index (χ1v) is 6.20. The highest BCUT2D eigenvalue weighted by atomic mass is 79.9. The van der Waals surface area contributed by atoms with E-state index < -0.39 is 0 Å². The molecule has 0 aliphatic rings. The summed E-state index contributed by atoms with van der Waals surface area (Å²) in [4.78, 5) is 18.2. The van der Waals surface area contributed by atoms with Gasteiger partial charge in [0.05, 0.1) is 0 Å². The third-order valence-corrected chi connectivity index (χ3v) is 2.76. The predicted octanol–water partition coefficient (Wildman–Crippen LogP) is 0.946. The van der Waals surface area contributed by atoms with Crippen molar-refractivity contribution in [3.05, 3.63) is 22.4 Å². The Bertz CT molecular complexity index is 588. The van der Waals surface area contributed by atoms with Crippen molar-refractivity contribution in [3.63, 3.8) is 0 Å². The number of hydrogen-bond acceptors (Lipinski definition) is 4. The normalized spacial score (nSPS) is 12.9. The van der Waals surface area contributed by atoms with E-state index in [1.165, 1.54) is 4.40 Å². The highest BCUT2D eigenvalue weighted by molar-refractivity contribution is 9.09. The number of aryl methyl sites for hydroxylation is 1. The lowest BCUT2D eigenvalue weighted by atomic mass is 10.4. The molecule has 0 spiro atoms. The van der Waals surface area contributed by atoms with Gasteiger partial charge in [-0.3, -0.25) is 0 Å². The third kappa shape index (κ3) is 2.33. The van der Waals surface area contributed by atoms with Crippen LogP contribution in [-0.4, -0.2) is 38.0 Å². The molecule has 0 amide bonds. The lowest BCUT2D eigenvalue weighted by Gasteiger charge is -2.19. The van der Waals surface area contributed by atoms with Gasteiger partial charge < -0.3 is 4.90 Å². The number of nitrogens with zero attached hydrogens (tertiary/aromatic N) is 4. The number of alkyl halides is 1. The average Bonchev–Trinajstić information content (AvgIpc) is 2.59. The lowest BCUT2D eigenvalue weighted by molar-refractivity contribution is 0.841. The molecule has 1 N–H and O–H groups in total. The second-order valence-corrected chi connectivity index (χ2v) is 5.61. The predicted molar refractivity (Wildman–Crippen MR) is 70.0 cm³/mol. The van der Waals surface area contributed by atoms with Gasteiger partial charge in [-0.2, -0.15) is 5.10 Å². The Balaban J connectivity index is 2.47. The van der Waals surface area contributed by atoms with Crippen LogP contribution in [0, 0.1) is 6.92 Å². The fourth-order valence-corrected chi connectivity index (χ4v) is 2.18. The first-order chi connectivity index (χ1) is 7.99. The van der Waals surface area contributed by atoms with Crippen LogP contribution in [0.5, 0.6) is 0 Å². The van der Waals surface area contributed by atoms with E-state index in [0.717, 1.165) is 12.4 Å². The van der Waals surface area contributed by atoms with Crippen LogP contribution in [0.25, 0.3) is 5.65 Å². The number of aromatic amines is 1. The molecule has 6 nitrogen and oxygen atoms in total. The molecular weight excluding hydrogens is 286 g/mol. The van der Waals surface area contributed by atoms with Crippen LogP contribution in [-0.2, 0) is 0 Å². The zero-order valence-corrected chi connectivity index (χ0v) is 11.5. The van der Waals surface area contributed by atoms with Gasteiger partial charge in [0.1, 0.15) is 11.6 Å². The van der Waals surface area contributed by atoms with Gasteiger partial charge in [0, 0.05) is 24.5 Å². The highest BCUT2D eigenvalue weighted by Gasteiger charge is 2.11. The van der Waals surface area contributed by atoms with Crippen molar-refractivity contribution in [2.24, 2.45) is 0 Å². The Hall–Kier alpha value is -1.37. The summed E-state index contributed by atoms with van der Waals surface area (Å²) in [6.07, 6.45) is 0. The highest BCUT2D eigenvalue weighted by Crippen LogP contribution is 2.13. The number of H-pyrrole nitrogens is 1. The molecule has 0 aromatic carbocycles. The largest absolute Gasteiger partial charge is 0.358 e. The maximum atomic E-state index is 11.4. The van der Waals surface area contributed by atoms with E-state index in [4.69, 9.17) is 0 Å². The summed E-state index contributed by atoms with van der Waals surface area (Å²) in [5, 5.41) is 6.36. The van der Waals surface area contributed by atoms with Crippen LogP contribution >= 0.6 is 15.9 Å². The molecule has 1 atom stereocenters. The number of halogens is 1. The smallest absolute Gasteiger partial charge is 0.349 e. The molecule has 2 aromatic rings.